The molecule has 6 heteroatoms. The Morgan fingerprint density at radius 1 is 1.21 bits per heavy atom. The molecule has 98 valence electrons. The van der Waals surface area contributed by atoms with Crippen molar-refractivity contribution in [1.29, 1.82) is 0 Å². The minimum absolute atomic E-state index is 0.350. The molecule has 1 aromatic heterocycles. The highest BCUT2D eigenvalue weighted by Gasteiger charge is 2.23. The van der Waals surface area contributed by atoms with Crippen LogP contribution in [0.2, 0.25) is 0 Å². The number of aromatic nitrogens is 3. The third-order valence-electron chi connectivity index (χ3n) is 3.15. The van der Waals surface area contributed by atoms with Crippen molar-refractivity contribution in [3.63, 3.8) is 0 Å². The molecule has 0 saturated heterocycles. The van der Waals surface area contributed by atoms with Gasteiger partial charge in [0, 0.05) is 6.54 Å². The van der Waals surface area contributed by atoms with E-state index in [0.717, 1.165) is 23.6 Å². The molecular formula is C13H12FN3O2. The standard InChI is InChI=1S/C13H12FN3O2/c14-10-3-5-11(6-4-10)17-12(18)7-15-16(13(17)19)8-9-1-2-9/h3-7,9H,1-2,8H2. The smallest absolute Gasteiger partial charge is 0.267 e. The predicted octanol–water partition coefficient (Wildman–Crippen LogP) is 0.943. The van der Waals surface area contributed by atoms with E-state index in [1.165, 1.54) is 28.9 Å². The summed E-state index contributed by atoms with van der Waals surface area (Å²) in [5, 5.41) is 3.86. The maximum absolute atomic E-state index is 12.9. The number of hydrogen-bond acceptors (Lipinski definition) is 3. The van der Waals surface area contributed by atoms with Crippen LogP contribution in [0.3, 0.4) is 0 Å². The Balaban J connectivity index is 2.11. The Labute approximate surface area is 107 Å². The number of rotatable bonds is 3. The second-order valence-electron chi connectivity index (χ2n) is 4.70. The van der Waals surface area contributed by atoms with E-state index in [0.29, 0.717) is 18.2 Å². The average molecular weight is 261 g/mol. The zero-order valence-electron chi connectivity index (χ0n) is 10.1. The highest BCUT2D eigenvalue weighted by molar-refractivity contribution is 5.31. The van der Waals surface area contributed by atoms with Gasteiger partial charge in [-0.05, 0) is 43.0 Å². The Morgan fingerprint density at radius 3 is 2.53 bits per heavy atom. The van der Waals surface area contributed by atoms with E-state index >= 15 is 0 Å². The van der Waals surface area contributed by atoms with Crippen molar-refractivity contribution in [2.24, 2.45) is 5.92 Å². The molecule has 0 bridgehead atoms. The van der Waals surface area contributed by atoms with E-state index in [2.05, 4.69) is 5.10 Å². The molecule has 0 radical (unpaired) electrons. The van der Waals surface area contributed by atoms with Gasteiger partial charge in [-0.1, -0.05) is 0 Å². The molecule has 1 heterocycles. The van der Waals surface area contributed by atoms with E-state index in [9.17, 15) is 14.0 Å². The maximum Gasteiger partial charge on any atom is 0.352 e. The molecule has 1 saturated carbocycles. The lowest BCUT2D eigenvalue weighted by Crippen LogP contribution is -2.40. The van der Waals surface area contributed by atoms with Gasteiger partial charge in [0.2, 0.25) is 0 Å². The molecule has 1 aliphatic rings. The van der Waals surface area contributed by atoms with Gasteiger partial charge in [-0.15, -0.1) is 0 Å². The van der Waals surface area contributed by atoms with Crippen molar-refractivity contribution < 1.29 is 4.39 Å². The van der Waals surface area contributed by atoms with Crippen molar-refractivity contribution in [2.75, 3.05) is 0 Å². The lowest BCUT2D eigenvalue weighted by Gasteiger charge is -2.08. The Hall–Kier alpha value is -2.24. The number of nitrogens with zero attached hydrogens (tertiary/aromatic N) is 3. The zero-order valence-corrected chi connectivity index (χ0v) is 10.1. The molecule has 0 amide bonds. The highest BCUT2D eigenvalue weighted by Crippen LogP contribution is 2.29. The quantitative estimate of drug-likeness (QED) is 0.826. The fourth-order valence-corrected chi connectivity index (χ4v) is 1.93. The van der Waals surface area contributed by atoms with Gasteiger partial charge in [0.25, 0.3) is 5.56 Å². The minimum Gasteiger partial charge on any atom is -0.267 e. The molecule has 0 aliphatic heterocycles. The first-order valence-electron chi connectivity index (χ1n) is 6.10. The fourth-order valence-electron chi connectivity index (χ4n) is 1.93. The molecule has 5 nitrogen and oxygen atoms in total. The summed E-state index contributed by atoms with van der Waals surface area (Å²) < 4.78 is 15.2. The van der Waals surface area contributed by atoms with E-state index in [-0.39, 0.29) is 0 Å². The Kier molecular flexibility index (Phi) is 2.77. The van der Waals surface area contributed by atoms with Crippen LogP contribution in [-0.4, -0.2) is 14.3 Å². The van der Waals surface area contributed by atoms with E-state index in [1.807, 2.05) is 0 Å². The van der Waals surface area contributed by atoms with Crippen LogP contribution in [0.4, 0.5) is 4.39 Å². The first-order chi connectivity index (χ1) is 9.15. The molecule has 0 spiro atoms. The molecule has 0 N–H and O–H groups in total. The van der Waals surface area contributed by atoms with Crippen molar-refractivity contribution in [3.05, 3.63) is 57.1 Å². The monoisotopic (exact) mass is 261 g/mol. The Morgan fingerprint density at radius 2 is 1.89 bits per heavy atom. The van der Waals surface area contributed by atoms with Gasteiger partial charge >= 0.3 is 5.69 Å². The van der Waals surface area contributed by atoms with Crippen LogP contribution in [0.1, 0.15) is 12.8 Å². The van der Waals surface area contributed by atoms with Crippen LogP contribution < -0.4 is 11.2 Å². The predicted molar refractivity (Wildman–Crippen MR) is 66.8 cm³/mol. The van der Waals surface area contributed by atoms with Crippen molar-refractivity contribution in [1.82, 2.24) is 14.3 Å². The van der Waals surface area contributed by atoms with Crippen molar-refractivity contribution in [3.8, 4) is 5.69 Å². The van der Waals surface area contributed by atoms with E-state index in [1.54, 1.807) is 0 Å². The minimum atomic E-state index is -0.511. The molecule has 0 unspecified atom stereocenters. The van der Waals surface area contributed by atoms with Crippen LogP contribution in [0.25, 0.3) is 5.69 Å². The van der Waals surface area contributed by atoms with Gasteiger partial charge in [-0.25, -0.2) is 18.4 Å². The summed E-state index contributed by atoms with van der Waals surface area (Å²) in [6.45, 7) is 0.528. The second-order valence-corrected chi connectivity index (χ2v) is 4.70. The van der Waals surface area contributed by atoms with Gasteiger partial charge in [-0.3, -0.25) is 4.79 Å². The summed E-state index contributed by atoms with van der Waals surface area (Å²) in [7, 11) is 0. The average Bonchev–Trinajstić information content (AvgIpc) is 3.19. The first kappa shape index (κ1) is 11.8. The zero-order chi connectivity index (χ0) is 13.4. The largest absolute Gasteiger partial charge is 0.352 e. The summed E-state index contributed by atoms with van der Waals surface area (Å²) in [6, 6.07) is 5.24. The highest BCUT2D eigenvalue weighted by atomic mass is 19.1. The Bertz CT molecular complexity index is 714. The van der Waals surface area contributed by atoms with Gasteiger partial charge in [0.05, 0.1) is 5.69 Å². The molecule has 0 atom stereocenters. The number of hydrogen-bond donors (Lipinski definition) is 0. The molecular weight excluding hydrogens is 249 g/mol. The summed E-state index contributed by atoms with van der Waals surface area (Å²) in [6.07, 6.45) is 3.29. The lowest BCUT2D eigenvalue weighted by molar-refractivity contribution is 0.501. The first-order valence-corrected chi connectivity index (χ1v) is 6.10. The van der Waals surface area contributed by atoms with Crippen LogP contribution >= 0.6 is 0 Å². The number of benzene rings is 1. The second kappa shape index (κ2) is 4.46. The summed E-state index contributed by atoms with van der Waals surface area (Å²) in [4.78, 5) is 24.0. The summed E-state index contributed by atoms with van der Waals surface area (Å²) >= 11 is 0. The summed E-state index contributed by atoms with van der Waals surface area (Å²) in [5.74, 6) is 0.0635. The molecule has 1 aliphatic carbocycles. The maximum atomic E-state index is 12.9. The van der Waals surface area contributed by atoms with Crippen LogP contribution in [-0.2, 0) is 6.54 Å². The lowest BCUT2D eigenvalue weighted by atomic mass is 10.3. The number of halogens is 1. The molecule has 1 fully saturated rings. The topological polar surface area (TPSA) is 56.9 Å². The van der Waals surface area contributed by atoms with E-state index in [4.69, 9.17) is 0 Å². The third-order valence-corrected chi connectivity index (χ3v) is 3.15. The van der Waals surface area contributed by atoms with Gasteiger partial charge < -0.3 is 0 Å². The van der Waals surface area contributed by atoms with Gasteiger partial charge in [0.1, 0.15) is 12.0 Å². The van der Waals surface area contributed by atoms with Crippen LogP contribution in [0, 0.1) is 11.7 Å². The van der Waals surface area contributed by atoms with Crippen LogP contribution in [0.5, 0.6) is 0 Å². The molecule has 2 aromatic rings. The molecule has 3 rings (SSSR count). The normalized spacial score (nSPS) is 14.6. The van der Waals surface area contributed by atoms with Crippen molar-refractivity contribution >= 4 is 0 Å². The fraction of sp³-hybridized carbons (Fsp3) is 0.308. The van der Waals surface area contributed by atoms with Gasteiger partial charge in [-0.2, -0.15) is 5.10 Å². The summed E-state index contributed by atoms with van der Waals surface area (Å²) in [5.41, 5.74) is -0.641. The van der Waals surface area contributed by atoms with Gasteiger partial charge in [0.15, 0.2) is 0 Å². The van der Waals surface area contributed by atoms with Crippen LogP contribution in [0.15, 0.2) is 40.1 Å². The van der Waals surface area contributed by atoms with E-state index < -0.39 is 17.1 Å². The third kappa shape index (κ3) is 2.33. The van der Waals surface area contributed by atoms with Crippen molar-refractivity contribution in [2.45, 2.75) is 19.4 Å². The molecule has 1 aromatic carbocycles. The SMILES string of the molecule is O=c1cnn(CC2CC2)c(=O)n1-c1ccc(F)cc1. The molecule has 19 heavy (non-hydrogen) atoms.